The van der Waals surface area contributed by atoms with Gasteiger partial charge >= 0.3 is 5.97 Å². The van der Waals surface area contributed by atoms with Gasteiger partial charge < -0.3 is 9.47 Å². The summed E-state index contributed by atoms with van der Waals surface area (Å²) in [4.78, 5) is 31.4. The maximum atomic E-state index is 13.3. The topological polar surface area (TPSA) is 94.5 Å². The summed E-state index contributed by atoms with van der Waals surface area (Å²) in [5.41, 5.74) is 2.06. The predicted molar refractivity (Wildman–Crippen MR) is 126 cm³/mol. The molecular formula is C23H21ClN4O4S. The number of fused-ring (bicyclic) bond motifs is 3. The van der Waals surface area contributed by atoms with Crippen molar-refractivity contribution in [2.24, 2.45) is 0 Å². The van der Waals surface area contributed by atoms with Crippen molar-refractivity contribution in [2.45, 2.75) is 38.1 Å². The number of amides is 1. The lowest BCUT2D eigenvalue weighted by molar-refractivity contribution is -0.134. The summed E-state index contributed by atoms with van der Waals surface area (Å²) in [5.74, 6) is -0.162. The lowest BCUT2D eigenvalue weighted by atomic mass is 10.1. The van der Waals surface area contributed by atoms with E-state index < -0.39 is 12.2 Å². The van der Waals surface area contributed by atoms with Crippen molar-refractivity contribution in [3.8, 4) is 22.9 Å². The number of carbonyl (C=O) groups excluding carboxylic acids is 2. The molecule has 1 aromatic heterocycles. The van der Waals surface area contributed by atoms with Crippen LogP contribution in [0.1, 0.15) is 38.5 Å². The van der Waals surface area contributed by atoms with Gasteiger partial charge in [-0.15, -0.1) is 10.2 Å². The van der Waals surface area contributed by atoms with Gasteiger partial charge in [0.05, 0.1) is 11.3 Å². The van der Waals surface area contributed by atoms with Crippen molar-refractivity contribution in [1.29, 1.82) is 0 Å². The van der Waals surface area contributed by atoms with E-state index in [1.807, 2.05) is 24.5 Å². The van der Waals surface area contributed by atoms with Crippen LogP contribution < -0.4 is 14.4 Å². The van der Waals surface area contributed by atoms with Crippen LogP contribution in [0.25, 0.3) is 11.3 Å². The molecule has 0 fully saturated rings. The van der Waals surface area contributed by atoms with Gasteiger partial charge in [0.25, 0.3) is 0 Å². The number of ether oxygens (including phenoxy) is 2. The van der Waals surface area contributed by atoms with Gasteiger partial charge in [-0.05, 0) is 30.5 Å². The quantitative estimate of drug-likeness (QED) is 0.281. The van der Waals surface area contributed by atoms with E-state index in [4.69, 9.17) is 21.1 Å². The van der Waals surface area contributed by atoms with Gasteiger partial charge in [0.2, 0.25) is 23.2 Å². The maximum absolute atomic E-state index is 13.3. The minimum absolute atomic E-state index is 0.186. The number of carbonyl (C=O) groups is 2. The number of halogens is 1. The van der Waals surface area contributed by atoms with Crippen molar-refractivity contribution in [1.82, 2.24) is 15.2 Å². The number of rotatable bonds is 5. The van der Waals surface area contributed by atoms with E-state index in [1.54, 1.807) is 38.1 Å². The molecule has 1 aliphatic rings. The molecule has 0 unspecified atom stereocenters. The second-order valence-electron chi connectivity index (χ2n) is 7.07. The molecule has 8 nitrogen and oxygen atoms in total. The molecule has 0 saturated heterocycles. The zero-order valence-electron chi connectivity index (χ0n) is 18.2. The molecule has 33 heavy (non-hydrogen) atoms. The van der Waals surface area contributed by atoms with Gasteiger partial charge in [0.15, 0.2) is 5.69 Å². The van der Waals surface area contributed by atoms with E-state index in [1.165, 1.54) is 16.7 Å². The average molecular weight is 485 g/mol. The molecule has 0 N–H and O–H groups in total. The highest BCUT2D eigenvalue weighted by Crippen LogP contribution is 2.45. The minimum atomic E-state index is -1.01. The Balaban J connectivity index is 1.98. The van der Waals surface area contributed by atoms with E-state index >= 15 is 0 Å². The fraction of sp³-hybridized carbons (Fsp3) is 0.261. The molecule has 0 spiro atoms. The summed E-state index contributed by atoms with van der Waals surface area (Å²) in [6, 6.07) is 12.1. The van der Waals surface area contributed by atoms with Crippen LogP contribution in [-0.2, 0) is 9.59 Å². The van der Waals surface area contributed by atoms with Gasteiger partial charge in [0, 0.05) is 23.4 Å². The molecule has 0 aliphatic carbocycles. The molecule has 1 aliphatic heterocycles. The smallest absolute Gasteiger partial charge is 0.310 e. The van der Waals surface area contributed by atoms with Crippen molar-refractivity contribution in [2.75, 3.05) is 11.2 Å². The largest absolute Gasteiger partial charge is 0.447 e. The summed E-state index contributed by atoms with van der Waals surface area (Å²) in [6.07, 6.45) is 1.22. The molecular weight excluding hydrogens is 464 g/mol. The number of anilines is 1. The van der Waals surface area contributed by atoms with Gasteiger partial charge in [-0.2, -0.15) is 4.98 Å². The molecule has 1 amide bonds. The van der Waals surface area contributed by atoms with Gasteiger partial charge in [0.1, 0.15) is 5.75 Å². The third-order valence-corrected chi connectivity index (χ3v) is 5.79. The highest BCUT2D eigenvalue weighted by molar-refractivity contribution is 7.98. The first-order chi connectivity index (χ1) is 16.0. The Labute approximate surface area is 200 Å². The maximum Gasteiger partial charge on any atom is 0.310 e. The lowest BCUT2D eigenvalue weighted by Crippen LogP contribution is -2.37. The number of para-hydroxylation sites is 1. The zero-order chi connectivity index (χ0) is 23.5. The SMILES string of the molecule is CCC(=O)Oc1ccc(Cl)cc1[C@H]1Oc2nc(SC)nnc2-c2ccccc2N1C(=O)CC. The van der Waals surface area contributed by atoms with Crippen molar-refractivity contribution in [3.05, 3.63) is 53.1 Å². The fourth-order valence-electron chi connectivity index (χ4n) is 3.44. The molecule has 2 aromatic carbocycles. The lowest BCUT2D eigenvalue weighted by Gasteiger charge is -2.31. The van der Waals surface area contributed by atoms with Crippen LogP contribution in [0, 0.1) is 0 Å². The number of benzene rings is 2. The van der Waals surface area contributed by atoms with Crippen LogP contribution in [0.3, 0.4) is 0 Å². The molecule has 3 aromatic rings. The average Bonchev–Trinajstić information content (AvgIpc) is 2.98. The summed E-state index contributed by atoms with van der Waals surface area (Å²) in [6.45, 7) is 3.46. The van der Waals surface area contributed by atoms with Gasteiger partial charge in [-0.3, -0.25) is 14.5 Å². The molecule has 2 heterocycles. The third kappa shape index (κ3) is 4.51. The standard InChI is InChI=1S/C23H21ClN4O4S/c1-4-18(29)28-16-9-7-6-8-14(16)20-21(25-23(33-3)27-26-20)32-22(28)15-12-13(24)10-11-17(15)31-19(30)5-2/h6-12,22H,4-5H2,1-3H3/t22-/m1/s1. The Morgan fingerprint density at radius 1 is 1.15 bits per heavy atom. The highest BCUT2D eigenvalue weighted by atomic mass is 35.5. The van der Waals surface area contributed by atoms with Crippen LogP contribution in [0.15, 0.2) is 47.6 Å². The van der Waals surface area contributed by atoms with Crippen molar-refractivity contribution < 1.29 is 19.1 Å². The van der Waals surface area contributed by atoms with Gasteiger partial charge in [-0.1, -0.05) is 55.4 Å². The van der Waals surface area contributed by atoms with Crippen LogP contribution >= 0.6 is 23.4 Å². The van der Waals surface area contributed by atoms with Crippen molar-refractivity contribution in [3.63, 3.8) is 0 Å². The van der Waals surface area contributed by atoms with Crippen LogP contribution in [0.2, 0.25) is 5.02 Å². The fourth-order valence-corrected chi connectivity index (χ4v) is 3.92. The van der Waals surface area contributed by atoms with Crippen LogP contribution in [-0.4, -0.2) is 33.3 Å². The Morgan fingerprint density at radius 2 is 1.94 bits per heavy atom. The molecule has 0 bridgehead atoms. The summed E-state index contributed by atoms with van der Waals surface area (Å²) in [5, 5.41) is 9.30. The van der Waals surface area contributed by atoms with E-state index in [2.05, 4.69) is 15.2 Å². The van der Waals surface area contributed by atoms with Gasteiger partial charge in [-0.25, -0.2) is 0 Å². The number of nitrogens with zero attached hydrogens (tertiary/aromatic N) is 4. The molecule has 0 radical (unpaired) electrons. The number of aromatic nitrogens is 3. The van der Waals surface area contributed by atoms with Crippen molar-refractivity contribution >= 4 is 40.9 Å². The Kier molecular flexibility index (Phi) is 6.80. The Bertz CT molecular complexity index is 1220. The Morgan fingerprint density at radius 3 is 2.67 bits per heavy atom. The second-order valence-corrected chi connectivity index (χ2v) is 8.28. The predicted octanol–water partition coefficient (Wildman–Crippen LogP) is 5.06. The number of hydrogen-bond donors (Lipinski definition) is 0. The number of hydrogen-bond acceptors (Lipinski definition) is 8. The zero-order valence-corrected chi connectivity index (χ0v) is 19.8. The molecule has 170 valence electrons. The third-order valence-electron chi connectivity index (χ3n) is 5.02. The molecule has 0 saturated carbocycles. The Hall–Kier alpha value is -3.17. The molecule has 1 atom stereocenters. The minimum Gasteiger partial charge on any atom is -0.447 e. The molecule has 4 rings (SSSR count). The first-order valence-corrected chi connectivity index (χ1v) is 11.9. The summed E-state index contributed by atoms with van der Waals surface area (Å²) < 4.78 is 11.9. The highest BCUT2D eigenvalue weighted by Gasteiger charge is 2.37. The number of esters is 1. The van der Waals surface area contributed by atoms with E-state index in [-0.39, 0.29) is 30.4 Å². The second kappa shape index (κ2) is 9.76. The first kappa shape index (κ1) is 23.0. The van der Waals surface area contributed by atoms with Crippen LogP contribution in [0.4, 0.5) is 5.69 Å². The first-order valence-electron chi connectivity index (χ1n) is 10.3. The monoisotopic (exact) mass is 484 g/mol. The number of thioether (sulfide) groups is 1. The van der Waals surface area contributed by atoms with E-state index in [0.29, 0.717) is 32.7 Å². The van der Waals surface area contributed by atoms with Crippen LogP contribution in [0.5, 0.6) is 11.6 Å². The van der Waals surface area contributed by atoms with E-state index in [9.17, 15) is 9.59 Å². The summed E-state index contributed by atoms with van der Waals surface area (Å²) in [7, 11) is 0. The van der Waals surface area contributed by atoms with E-state index in [0.717, 1.165) is 0 Å². The molecule has 10 heteroatoms. The summed E-state index contributed by atoms with van der Waals surface area (Å²) >= 11 is 7.64. The normalized spacial score (nSPS) is 14.5.